The molecule has 9 heteroatoms. The molecule has 2 aromatic rings. The molecule has 2 aliphatic rings. The Morgan fingerprint density at radius 1 is 0.935 bits per heavy atom. The van der Waals surface area contributed by atoms with Crippen LogP contribution in [0.15, 0.2) is 47.4 Å². The fourth-order valence-corrected chi connectivity index (χ4v) is 5.76. The summed E-state index contributed by atoms with van der Waals surface area (Å²) in [6.45, 7) is 0.533. The van der Waals surface area contributed by atoms with Gasteiger partial charge in [-0.05, 0) is 79.6 Å². The molecule has 0 unspecified atom stereocenters. The summed E-state index contributed by atoms with van der Waals surface area (Å²) < 4.78 is 27.5. The Kier molecular flexibility index (Phi) is 6.31. The standard InChI is InChI=1S/C22H24ClN3O4S/c23-19-7-4-16(5-8-19)21(27)24-25-22(28)17-10-12-26(13-11-17)31(29,30)20-9-6-15-2-1-3-18(15)14-20/h4-9,14,17H,1-3,10-13H2,(H,24,27)(H,25,28). The highest BCUT2D eigenvalue weighted by atomic mass is 35.5. The first-order valence-electron chi connectivity index (χ1n) is 10.3. The number of piperidine rings is 1. The fraction of sp³-hybridized carbons (Fsp3) is 0.364. The van der Waals surface area contributed by atoms with E-state index in [1.54, 1.807) is 36.4 Å². The van der Waals surface area contributed by atoms with Crippen LogP contribution >= 0.6 is 11.6 Å². The number of aryl methyl sites for hydroxylation is 2. The molecule has 0 spiro atoms. The number of hydrogen-bond donors (Lipinski definition) is 2. The summed E-state index contributed by atoms with van der Waals surface area (Å²) >= 11 is 5.80. The minimum absolute atomic E-state index is 0.267. The van der Waals surface area contributed by atoms with Crippen molar-refractivity contribution in [3.05, 3.63) is 64.2 Å². The van der Waals surface area contributed by atoms with E-state index in [0.29, 0.717) is 28.3 Å². The molecular weight excluding hydrogens is 438 g/mol. The normalized spacial score (nSPS) is 17.2. The van der Waals surface area contributed by atoms with Crippen molar-refractivity contribution in [2.24, 2.45) is 5.92 Å². The van der Waals surface area contributed by atoms with Gasteiger partial charge in [0.2, 0.25) is 15.9 Å². The van der Waals surface area contributed by atoms with Gasteiger partial charge in [0.25, 0.3) is 5.91 Å². The van der Waals surface area contributed by atoms with E-state index in [1.165, 1.54) is 9.87 Å². The molecule has 2 aromatic carbocycles. The molecule has 164 valence electrons. The van der Waals surface area contributed by atoms with Crippen molar-refractivity contribution in [2.45, 2.75) is 37.0 Å². The summed E-state index contributed by atoms with van der Waals surface area (Å²) in [6.07, 6.45) is 3.78. The van der Waals surface area contributed by atoms with Gasteiger partial charge in [-0.2, -0.15) is 4.31 Å². The SMILES string of the molecule is O=C(NNC(=O)C1CCN(S(=O)(=O)c2ccc3c(c2)CCC3)CC1)c1ccc(Cl)cc1. The lowest BCUT2D eigenvalue weighted by Crippen LogP contribution is -2.48. The Morgan fingerprint density at radius 3 is 2.32 bits per heavy atom. The quantitative estimate of drug-likeness (QED) is 0.684. The van der Waals surface area contributed by atoms with Crippen LogP contribution in [-0.4, -0.2) is 37.6 Å². The minimum Gasteiger partial charge on any atom is -0.273 e. The molecule has 1 saturated heterocycles. The molecule has 2 N–H and O–H groups in total. The molecule has 0 radical (unpaired) electrons. The van der Waals surface area contributed by atoms with Crippen molar-refractivity contribution in [3.63, 3.8) is 0 Å². The third-order valence-corrected chi connectivity index (χ3v) is 8.08. The molecule has 0 bridgehead atoms. The number of sulfonamides is 1. The number of nitrogens with zero attached hydrogens (tertiary/aromatic N) is 1. The van der Waals surface area contributed by atoms with Gasteiger partial charge in [-0.25, -0.2) is 8.42 Å². The highest BCUT2D eigenvalue weighted by molar-refractivity contribution is 7.89. The largest absolute Gasteiger partial charge is 0.273 e. The predicted molar refractivity (Wildman–Crippen MR) is 117 cm³/mol. The zero-order valence-electron chi connectivity index (χ0n) is 16.9. The second-order valence-corrected chi connectivity index (χ2v) is 10.3. The number of fused-ring (bicyclic) bond motifs is 1. The summed E-state index contributed by atoms with van der Waals surface area (Å²) in [5.74, 6) is -1.13. The van der Waals surface area contributed by atoms with Gasteiger partial charge in [-0.1, -0.05) is 17.7 Å². The van der Waals surface area contributed by atoms with Crippen molar-refractivity contribution >= 4 is 33.4 Å². The number of carbonyl (C=O) groups is 2. The molecule has 0 atom stereocenters. The summed E-state index contributed by atoms with van der Waals surface area (Å²) in [7, 11) is -3.58. The van der Waals surface area contributed by atoms with Crippen LogP contribution in [0.2, 0.25) is 5.02 Å². The molecule has 0 aromatic heterocycles. The Bertz CT molecular complexity index is 1090. The topological polar surface area (TPSA) is 95.6 Å². The number of hydrazine groups is 1. The predicted octanol–water partition coefficient (Wildman–Crippen LogP) is 2.69. The maximum atomic E-state index is 13.0. The van der Waals surface area contributed by atoms with Crippen LogP contribution in [-0.2, 0) is 27.7 Å². The van der Waals surface area contributed by atoms with E-state index in [9.17, 15) is 18.0 Å². The maximum absolute atomic E-state index is 13.0. The molecule has 1 heterocycles. The number of nitrogens with one attached hydrogen (secondary N) is 2. The lowest BCUT2D eigenvalue weighted by molar-refractivity contribution is -0.126. The van der Waals surface area contributed by atoms with Gasteiger partial charge in [0.05, 0.1) is 4.90 Å². The van der Waals surface area contributed by atoms with Crippen LogP contribution in [0.3, 0.4) is 0 Å². The van der Waals surface area contributed by atoms with Crippen molar-refractivity contribution in [2.75, 3.05) is 13.1 Å². The third-order valence-electron chi connectivity index (χ3n) is 5.94. The molecule has 7 nitrogen and oxygen atoms in total. The molecular formula is C22H24ClN3O4S. The fourth-order valence-electron chi connectivity index (χ4n) is 4.11. The summed E-state index contributed by atoms with van der Waals surface area (Å²) in [5, 5.41) is 0.516. The average molecular weight is 462 g/mol. The molecule has 2 amide bonds. The van der Waals surface area contributed by atoms with Crippen LogP contribution in [0, 0.1) is 5.92 Å². The van der Waals surface area contributed by atoms with Crippen LogP contribution in [0.5, 0.6) is 0 Å². The monoisotopic (exact) mass is 461 g/mol. The summed E-state index contributed by atoms with van der Waals surface area (Å²) in [4.78, 5) is 24.9. The van der Waals surface area contributed by atoms with E-state index >= 15 is 0 Å². The number of rotatable bonds is 4. The molecule has 1 fully saturated rings. The maximum Gasteiger partial charge on any atom is 0.269 e. The van der Waals surface area contributed by atoms with Crippen molar-refractivity contribution in [3.8, 4) is 0 Å². The zero-order valence-corrected chi connectivity index (χ0v) is 18.5. The van der Waals surface area contributed by atoms with Gasteiger partial charge in [0, 0.05) is 29.6 Å². The van der Waals surface area contributed by atoms with E-state index in [4.69, 9.17) is 11.6 Å². The Hall–Kier alpha value is -2.42. The van der Waals surface area contributed by atoms with E-state index in [2.05, 4.69) is 10.9 Å². The molecule has 1 aliphatic carbocycles. The van der Waals surface area contributed by atoms with Crippen LogP contribution < -0.4 is 10.9 Å². The Morgan fingerprint density at radius 2 is 1.61 bits per heavy atom. The third kappa shape index (κ3) is 4.76. The van der Waals surface area contributed by atoms with Gasteiger partial charge in [0.1, 0.15) is 0 Å². The van der Waals surface area contributed by atoms with Crippen molar-refractivity contribution in [1.29, 1.82) is 0 Å². The number of halogens is 1. The van der Waals surface area contributed by atoms with Gasteiger partial charge in [-0.15, -0.1) is 0 Å². The number of hydrogen-bond acceptors (Lipinski definition) is 4. The van der Waals surface area contributed by atoms with Crippen LogP contribution in [0.25, 0.3) is 0 Å². The van der Waals surface area contributed by atoms with E-state index < -0.39 is 15.9 Å². The zero-order chi connectivity index (χ0) is 22.0. The minimum atomic E-state index is -3.58. The van der Waals surface area contributed by atoms with Crippen LogP contribution in [0.4, 0.5) is 0 Å². The lowest BCUT2D eigenvalue weighted by atomic mass is 9.98. The highest BCUT2D eigenvalue weighted by Gasteiger charge is 2.32. The number of benzene rings is 2. The van der Waals surface area contributed by atoms with Crippen LogP contribution in [0.1, 0.15) is 40.7 Å². The Labute approximate surface area is 186 Å². The van der Waals surface area contributed by atoms with Gasteiger partial charge in [-0.3, -0.25) is 20.4 Å². The summed E-state index contributed by atoms with van der Waals surface area (Å²) in [5.41, 5.74) is 7.56. The van der Waals surface area contributed by atoms with Gasteiger partial charge >= 0.3 is 0 Å². The smallest absolute Gasteiger partial charge is 0.269 e. The highest BCUT2D eigenvalue weighted by Crippen LogP contribution is 2.28. The van der Waals surface area contributed by atoms with Gasteiger partial charge in [0.15, 0.2) is 0 Å². The van der Waals surface area contributed by atoms with E-state index in [1.807, 2.05) is 6.07 Å². The van der Waals surface area contributed by atoms with Crippen molar-refractivity contribution < 1.29 is 18.0 Å². The first kappa shape index (κ1) is 21.8. The second-order valence-electron chi connectivity index (χ2n) is 7.91. The van der Waals surface area contributed by atoms with E-state index in [-0.39, 0.29) is 24.9 Å². The first-order chi connectivity index (χ1) is 14.8. The van der Waals surface area contributed by atoms with Crippen molar-refractivity contribution in [1.82, 2.24) is 15.2 Å². The second kappa shape index (κ2) is 8.98. The average Bonchev–Trinajstić information content (AvgIpc) is 3.26. The molecule has 4 rings (SSSR count). The van der Waals surface area contributed by atoms with E-state index in [0.717, 1.165) is 24.8 Å². The molecule has 1 aliphatic heterocycles. The first-order valence-corrected chi connectivity index (χ1v) is 12.1. The number of carbonyl (C=O) groups excluding carboxylic acids is 2. The van der Waals surface area contributed by atoms with Gasteiger partial charge < -0.3 is 0 Å². The lowest BCUT2D eigenvalue weighted by Gasteiger charge is -2.30. The molecule has 0 saturated carbocycles. The summed E-state index contributed by atoms with van der Waals surface area (Å²) in [6, 6.07) is 11.7. The molecule has 31 heavy (non-hydrogen) atoms. The number of amides is 2. The Balaban J connectivity index is 1.31.